The topological polar surface area (TPSA) is 23.5 Å². The molecule has 0 fully saturated rings. The van der Waals surface area contributed by atoms with Gasteiger partial charge in [0.2, 0.25) is 0 Å². The first-order valence-corrected chi connectivity index (χ1v) is 7.03. The Labute approximate surface area is 102 Å². The lowest BCUT2D eigenvalue weighted by Crippen LogP contribution is -2.32. The van der Waals surface area contributed by atoms with Gasteiger partial charge >= 0.3 is 0 Å². The van der Waals surface area contributed by atoms with Crippen LogP contribution in [-0.2, 0) is 0 Å². The molecule has 0 aliphatic carbocycles. The number of hydrogen-bond donors (Lipinski definition) is 1. The maximum Gasteiger partial charge on any atom is 0.0584 e. The van der Waals surface area contributed by atoms with E-state index in [0.29, 0.717) is 6.04 Å². The van der Waals surface area contributed by atoms with E-state index < -0.39 is 0 Å². The van der Waals surface area contributed by atoms with Gasteiger partial charge < -0.3 is 10.0 Å². The van der Waals surface area contributed by atoms with E-state index in [1.54, 1.807) is 0 Å². The standard InChI is InChI=1S/C14H31NO/c1-4-5-6-7-8-9-10-11-12-15(3)14(2)13-16/h14,16H,4-13H2,1-3H3. The van der Waals surface area contributed by atoms with Gasteiger partial charge in [0, 0.05) is 6.04 Å². The van der Waals surface area contributed by atoms with E-state index in [0.717, 1.165) is 6.54 Å². The van der Waals surface area contributed by atoms with Crippen LogP contribution in [0.2, 0.25) is 0 Å². The normalized spacial score (nSPS) is 13.3. The fourth-order valence-corrected chi connectivity index (χ4v) is 1.85. The average Bonchev–Trinajstić information content (AvgIpc) is 2.31. The molecule has 98 valence electrons. The highest BCUT2D eigenvalue weighted by Gasteiger charge is 2.05. The van der Waals surface area contributed by atoms with Gasteiger partial charge in [0.15, 0.2) is 0 Å². The van der Waals surface area contributed by atoms with Crippen LogP contribution in [0.4, 0.5) is 0 Å². The highest BCUT2D eigenvalue weighted by molar-refractivity contribution is 4.61. The van der Waals surface area contributed by atoms with Crippen molar-refractivity contribution in [1.82, 2.24) is 4.90 Å². The third-order valence-electron chi connectivity index (χ3n) is 3.38. The summed E-state index contributed by atoms with van der Waals surface area (Å²) in [4.78, 5) is 2.25. The summed E-state index contributed by atoms with van der Waals surface area (Å²) in [7, 11) is 2.10. The first-order valence-electron chi connectivity index (χ1n) is 7.03. The van der Waals surface area contributed by atoms with Gasteiger partial charge in [-0.05, 0) is 26.9 Å². The minimum atomic E-state index is 0.271. The van der Waals surface area contributed by atoms with E-state index in [4.69, 9.17) is 5.11 Å². The van der Waals surface area contributed by atoms with Crippen molar-refractivity contribution in [2.45, 2.75) is 71.3 Å². The zero-order valence-electron chi connectivity index (χ0n) is 11.5. The molecule has 0 bridgehead atoms. The Kier molecular flexibility index (Phi) is 11.3. The summed E-state index contributed by atoms with van der Waals surface area (Å²) in [5, 5.41) is 8.99. The lowest BCUT2D eigenvalue weighted by molar-refractivity contribution is 0.157. The molecule has 0 aromatic heterocycles. The van der Waals surface area contributed by atoms with E-state index in [1.165, 1.54) is 51.4 Å². The summed E-state index contributed by atoms with van der Waals surface area (Å²) in [5.41, 5.74) is 0. The van der Waals surface area contributed by atoms with Crippen LogP contribution in [0.1, 0.15) is 65.2 Å². The maximum atomic E-state index is 8.99. The van der Waals surface area contributed by atoms with Crippen LogP contribution in [-0.4, -0.2) is 36.2 Å². The average molecular weight is 229 g/mol. The van der Waals surface area contributed by atoms with Crippen molar-refractivity contribution < 1.29 is 5.11 Å². The van der Waals surface area contributed by atoms with Gasteiger partial charge in [-0.1, -0.05) is 51.9 Å². The second-order valence-electron chi connectivity index (χ2n) is 4.99. The quantitative estimate of drug-likeness (QED) is 0.549. The summed E-state index contributed by atoms with van der Waals surface area (Å²) in [6.45, 7) is 5.73. The van der Waals surface area contributed by atoms with Crippen LogP contribution in [0.25, 0.3) is 0 Å². The number of unbranched alkanes of at least 4 members (excludes halogenated alkanes) is 7. The van der Waals surface area contributed by atoms with E-state index in [1.807, 2.05) is 0 Å². The Morgan fingerprint density at radius 1 is 0.938 bits per heavy atom. The monoisotopic (exact) mass is 229 g/mol. The first-order chi connectivity index (χ1) is 7.72. The summed E-state index contributed by atoms with van der Waals surface area (Å²) < 4.78 is 0. The lowest BCUT2D eigenvalue weighted by Gasteiger charge is -2.22. The molecule has 2 heteroatoms. The molecule has 0 aromatic rings. The third kappa shape index (κ3) is 9.17. The van der Waals surface area contributed by atoms with Gasteiger partial charge in [-0.15, -0.1) is 0 Å². The number of hydrogen-bond acceptors (Lipinski definition) is 2. The van der Waals surface area contributed by atoms with Crippen LogP contribution in [0.15, 0.2) is 0 Å². The third-order valence-corrected chi connectivity index (χ3v) is 3.38. The molecule has 1 unspecified atom stereocenters. The molecule has 0 saturated heterocycles. The van der Waals surface area contributed by atoms with Crippen molar-refractivity contribution in [1.29, 1.82) is 0 Å². The van der Waals surface area contributed by atoms with E-state index >= 15 is 0 Å². The molecule has 0 aromatic carbocycles. The van der Waals surface area contributed by atoms with Gasteiger partial charge in [0.05, 0.1) is 6.61 Å². The Hall–Kier alpha value is -0.0800. The van der Waals surface area contributed by atoms with Gasteiger partial charge in [-0.3, -0.25) is 0 Å². The molecule has 0 radical (unpaired) electrons. The van der Waals surface area contributed by atoms with Crippen LogP contribution in [0.5, 0.6) is 0 Å². The smallest absolute Gasteiger partial charge is 0.0584 e. The molecule has 2 nitrogen and oxygen atoms in total. The number of nitrogens with zero attached hydrogens (tertiary/aromatic N) is 1. The highest BCUT2D eigenvalue weighted by Crippen LogP contribution is 2.09. The minimum Gasteiger partial charge on any atom is -0.395 e. The molecular formula is C14H31NO. The predicted molar refractivity (Wildman–Crippen MR) is 71.8 cm³/mol. The van der Waals surface area contributed by atoms with Crippen LogP contribution in [0, 0.1) is 0 Å². The number of aliphatic hydroxyl groups is 1. The molecule has 0 aliphatic rings. The number of rotatable bonds is 11. The molecular weight excluding hydrogens is 198 g/mol. The molecule has 0 rings (SSSR count). The molecule has 0 amide bonds. The molecule has 0 spiro atoms. The largest absolute Gasteiger partial charge is 0.395 e. The fraction of sp³-hybridized carbons (Fsp3) is 1.00. The van der Waals surface area contributed by atoms with Gasteiger partial charge in [0.25, 0.3) is 0 Å². The van der Waals surface area contributed by atoms with E-state index in [9.17, 15) is 0 Å². The van der Waals surface area contributed by atoms with Crippen LogP contribution in [0.3, 0.4) is 0 Å². The van der Waals surface area contributed by atoms with Crippen molar-refractivity contribution in [3.63, 3.8) is 0 Å². The van der Waals surface area contributed by atoms with Crippen molar-refractivity contribution in [3.8, 4) is 0 Å². The molecule has 1 N–H and O–H groups in total. The second-order valence-corrected chi connectivity index (χ2v) is 4.99. The number of likely N-dealkylation sites (N-methyl/N-ethyl adjacent to an activating group) is 1. The van der Waals surface area contributed by atoms with Crippen LogP contribution >= 0.6 is 0 Å². The highest BCUT2D eigenvalue weighted by atomic mass is 16.3. The van der Waals surface area contributed by atoms with E-state index in [-0.39, 0.29) is 6.61 Å². The van der Waals surface area contributed by atoms with Crippen molar-refractivity contribution >= 4 is 0 Å². The maximum absolute atomic E-state index is 8.99. The van der Waals surface area contributed by atoms with Gasteiger partial charge in [-0.2, -0.15) is 0 Å². The molecule has 1 atom stereocenters. The Morgan fingerprint density at radius 2 is 1.44 bits per heavy atom. The Bertz CT molecular complexity index is 139. The van der Waals surface area contributed by atoms with Crippen molar-refractivity contribution in [2.24, 2.45) is 0 Å². The van der Waals surface area contributed by atoms with Crippen molar-refractivity contribution in [2.75, 3.05) is 20.2 Å². The molecule has 16 heavy (non-hydrogen) atoms. The molecule has 0 saturated carbocycles. The molecule has 0 aliphatic heterocycles. The first kappa shape index (κ1) is 15.9. The number of aliphatic hydroxyl groups excluding tert-OH is 1. The summed E-state index contributed by atoms with van der Waals surface area (Å²) >= 11 is 0. The van der Waals surface area contributed by atoms with Gasteiger partial charge in [0.1, 0.15) is 0 Å². The Morgan fingerprint density at radius 3 is 1.94 bits per heavy atom. The van der Waals surface area contributed by atoms with Crippen molar-refractivity contribution in [3.05, 3.63) is 0 Å². The van der Waals surface area contributed by atoms with Gasteiger partial charge in [-0.25, -0.2) is 0 Å². The predicted octanol–water partition coefficient (Wildman–Crippen LogP) is 3.44. The molecule has 0 heterocycles. The fourth-order valence-electron chi connectivity index (χ4n) is 1.85. The Balaban J connectivity index is 3.14. The van der Waals surface area contributed by atoms with E-state index in [2.05, 4.69) is 25.8 Å². The van der Waals surface area contributed by atoms with Crippen LogP contribution < -0.4 is 0 Å². The SMILES string of the molecule is CCCCCCCCCCN(C)C(C)CO. The zero-order chi connectivity index (χ0) is 12.2. The lowest BCUT2D eigenvalue weighted by atomic mass is 10.1. The summed E-state index contributed by atoms with van der Waals surface area (Å²) in [5.74, 6) is 0. The summed E-state index contributed by atoms with van der Waals surface area (Å²) in [6.07, 6.45) is 11.0. The minimum absolute atomic E-state index is 0.271. The zero-order valence-corrected chi connectivity index (χ0v) is 11.5. The second kappa shape index (κ2) is 11.4. The summed E-state index contributed by atoms with van der Waals surface area (Å²) in [6, 6.07) is 0.310.